The van der Waals surface area contributed by atoms with Crippen LogP contribution in [-0.2, 0) is 9.59 Å². The first-order valence-corrected chi connectivity index (χ1v) is 7.52. The molecule has 5 nitrogen and oxygen atoms in total. The molecule has 112 valence electrons. The molecule has 2 heterocycles. The Morgan fingerprint density at radius 1 is 1.43 bits per heavy atom. The van der Waals surface area contributed by atoms with Crippen molar-refractivity contribution >= 4 is 17.5 Å². The van der Waals surface area contributed by atoms with Crippen LogP contribution in [0.25, 0.3) is 0 Å². The number of anilines is 1. The fourth-order valence-corrected chi connectivity index (χ4v) is 3.41. The highest BCUT2D eigenvalue weighted by molar-refractivity contribution is 5.80. The molecule has 0 radical (unpaired) electrons. The summed E-state index contributed by atoms with van der Waals surface area (Å²) in [5.74, 6) is 0.405. The van der Waals surface area contributed by atoms with Crippen LogP contribution in [-0.4, -0.2) is 38.0 Å². The summed E-state index contributed by atoms with van der Waals surface area (Å²) in [5, 5.41) is 5.58. The highest BCUT2D eigenvalue weighted by atomic mass is 16.2. The molecule has 1 saturated heterocycles. The first-order valence-electron chi connectivity index (χ1n) is 7.52. The molecule has 21 heavy (non-hydrogen) atoms. The molecule has 1 aromatic rings. The molecule has 2 atom stereocenters. The number of hydrogen-bond donors (Lipinski definition) is 2. The van der Waals surface area contributed by atoms with E-state index in [9.17, 15) is 9.59 Å². The Hall–Kier alpha value is -2.04. The average molecular weight is 287 g/mol. The van der Waals surface area contributed by atoms with Crippen LogP contribution in [0.1, 0.15) is 30.7 Å². The minimum absolute atomic E-state index is 0.0676. The number of carbonyl (C=O) groups excluding carboxylic acids is 2. The van der Waals surface area contributed by atoms with Crippen molar-refractivity contribution in [2.24, 2.45) is 0 Å². The van der Waals surface area contributed by atoms with Crippen molar-refractivity contribution in [3.05, 3.63) is 29.8 Å². The number of para-hydroxylation sites is 1. The Bertz CT molecular complexity index is 558. The van der Waals surface area contributed by atoms with Gasteiger partial charge < -0.3 is 15.5 Å². The lowest BCUT2D eigenvalue weighted by Gasteiger charge is -2.33. The zero-order valence-electron chi connectivity index (χ0n) is 12.3. The van der Waals surface area contributed by atoms with E-state index < -0.39 is 0 Å². The Balaban J connectivity index is 1.83. The molecular formula is C16H21N3O2. The largest absolute Gasteiger partial charge is 0.367 e. The maximum atomic E-state index is 11.7. The van der Waals surface area contributed by atoms with E-state index in [1.807, 2.05) is 12.1 Å². The van der Waals surface area contributed by atoms with E-state index in [1.165, 1.54) is 11.3 Å². The summed E-state index contributed by atoms with van der Waals surface area (Å²) in [6, 6.07) is 8.50. The standard InChI is InChI=1S/C16H21N3O2/c1-17-15(20)8-11-10-19(12-6-7-18-16(21)9-12)14-5-3-2-4-13(11)14/h2-5,11-12H,6-10H2,1H3,(H,17,20)(H,18,21). The SMILES string of the molecule is CNC(=O)CC1CN(C2CCNC(=O)C2)c2ccccc21. The quantitative estimate of drug-likeness (QED) is 0.872. The number of rotatable bonds is 3. The van der Waals surface area contributed by atoms with Gasteiger partial charge in [0.15, 0.2) is 0 Å². The molecule has 0 bridgehead atoms. The second-order valence-corrected chi connectivity index (χ2v) is 5.78. The van der Waals surface area contributed by atoms with Gasteiger partial charge in [0, 0.05) is 50.6 Å². The number of benzene rings is 1. The van der Waals surface area contributed by atoms with Crippen LogP contribution >= 0.6 is 0 Å². The molecule has 5 heteroatoms. The number of amides is 2. The minimum Gasteiger partial charge on any atom is -0.367 e. The van der Waals surface area contributed by atoms with Crippen LogP contribution in [0, 0.1) is 0 Å². The Kier molecular flexibility index (Phi) is 3.82. The summed E-state index contributed by atoms with van der Waals surface area (Å²) in [7, 11) is 1.67. The van der Waals surface area contributed by atoms with Gasteiger partial charge in [-0.1, -0.05) is 18.2 Å². The highest BCUT2D eigenvalue weighted by Gasteiger charge is 2.35. The van der Waals surface area contributed by atoms with Gasteiger partial charge in [-0.25, -0.2) is 0 Å². The second kappa shape index (κ2) is 5.76. The second-order valence-electron chi connectivity index (χ2n) is 5.78. The molecule has 0 aliphatic carbocycles. The lowest BCUT2D eigenvalue weighted by atomic mass is 9.98. The van der Waals surface area contributed by atoms with E-state index >= 15 is 0 Å². The molecule has 2 aliphatic heterocycles. The van der Waals surface area contributed by atoms with Gasteiger partial charge in [-0.3, -0.25) is 9.59 Å². The summed E-state index contributed by atoms with van der Waals surface area (Å²) >= 11 is 0. The summed E-state index contributed by atoms with van der Waals surface area (Å²) in [5.41, 5.74) is 2.41. The van der Waals surface area contributed by atoms with Gasteiger partial charge in [0.2, 0.25) is 11.8 Å². The molecule has 2 N–H and O–H groups in total. The maximum Gasteiger partial charge on any atom is 0.222 e. The van der Waals surface area contributed by atoms with Gasteiger partial charge in [0.1, 0.15) is 0 Å². The van der Waals surface area contributed by atoms with Crippen LogP contribution in [0.5, 0.6) is 0 Å². The van der Waals surface area contributed by atoms with Crippen molar-refractivity contribution in [1.82, 2.24) is 10.6 Å². The number of hydrogen-bond acceptors (Lipinski definition) is 3. The smallest absolute Gasteiger partial charge is 0.222 e. The van der Waals surface area contributed by atoms with Gasteiger partial charge >= 0.3 is 0 Å². The number of fused-ring (bicyclic) bond motifs is 1. The van der Waals surface area contributed by atoms with Crippen molar-refractivity contribution in [3.8, 4) is 0 Å². The van der Waals surface area contributed by atoms with Crippen LogP contribution in [0.2, 0.25) is 0 Å². The maximum absolute atomic E-state index is 11.7. The first-order chi connectivity index (χ1) is 10.2. The predicted octanol–water partition coefficient (Wildman–Crippen LogP) is 1.00. The lowest BCUT2D eigenvalue weighted by molar-refractivity contribution is -0.123. The predicted molar refractivity (Wildman–Crippen MR) is 81.2 cm³/mol. The van der Waals surface area contributed by atoms with Gasteiger partial charge in [0.05, 0.1) is 0 Å². The summed E-state index contributed by atoms with van der Waals surface area (Å²) in [4.78, 5) is 25.7. The minimum atomic E-state index is 0.0676. The Morgan fingerprint density at radius 3 is 3.00 bits per heavy atom. The van der Waals surface area contributed by atoms with E-state index in [4.69, 9.17) is 0 Å². The number of nitrogens with one attached hydrogen (secondary N) is 2. The first kappa shape index (κ1) is 13.9. The van der Waals surface area contributed by atoms with Crippen molar-refractivity contribution in [1.29, 1.82) is 0 Å². The Morgan fingerprint density at radius 2 is 2.24 bits per heavy atom. The molecule has 2 amide bonds. The van der Waals surface area contributed by atoms with E-state index in [0.29, 0.717) is 12.8 Å². The molecule has 0 aromatic heterocycles. The third-order valence-electron chi connectivity index (χ3n) is 4.48. The Labute approximate surface area is 124 Å². The molecule has 2 aliphatic rings. The summed E-state index contributed by atoms with van der Waals surface area (Å²) in [6.07, 6.45) is 2.01. The molecule has 0 spiro atoms. The fraction of sp³-hybridized carbons (Fsp3) is 0.500. The molecule has 1 aromatic carbocycles. The molecule has 2 unspecified atom stereocenters. The topological polar surface area (TPSA) is 61.4 Å². The van der Waals surface area contributed by atoms with Crippen LogP contribution < -0.4 is 15.5 Å². The van der Waals surface area contributed by atoms with Gasteiger partial charge in [-0.05, 0) is 18.1 Å². The molecule has 0 saturated carbocycles. The van der Waals surface area contributed by atoms with Crippen molar-refractivity contribution < 1.29 is 9.59 Å². The van der Waals surface area contributed by atoms with E-state index in [0.717, 1.165) is 19.5 Å². The monoisotopic (exact) mass is 287 g/mol. The van der Waals surface area contributed by atoms with E-state index in [-0.39, 0.29) is 23.8 Å². The van der Waals surface area contributed by atoms with Gasteiger partial charge in [-0.2, -0.15) is 0 Å². The third kappa shape index (κ3) is 2.73. The number of piperidine rings is 1. The van der Waals surface area contributed by atoms with E-state index in [1.54, 1.807) is 7.05 Å². The average Bonchev–Trinajstić information content (AvgIpc) is 2.86. The zero-order chi connectivity index (χ0) is 14.8. The third-order valence-corrected chi connectivity index (χ3v) is 4.48. The van der Waals surface area contributed by atoms with Crippen LogP contribution in [0.4, 0.5) is 5.69 Å². The van der Waals surface area contributed by atoms with Crippen molar-refractivity contribution in [2.45, 2.75) is 31.2 Å². The normalized spacial score (nSPS) is 24.4. The fourth-order valence-electron chi connectivity index (χ4n) is 3.41. The molecule has 3 rings (SSSR count). The van der Waals surface area contributed by atoms with Crippen LogP contribution in [0.3, 0.4) is 0 Å². The van der Waals surface area contributed by atoms with Gasteiger partial charge in [-0.15, -0.1) is 0 Å². The van der Waals surface area contributed by atoms with Crippen molar-refractivity contribution in [3.63, 3.8) is 0 Å². The highest BCUT2D eigenvalue weighted by Crippen LogP contribution is 2.40. The van der Waals surface area contributed by atoms with Crippen molar-refractivity contribution in [2.75, 3.05) is 25.0 Å². The molecular weight excluding hydrogens is 266 g/mol. The zero-order valence-corrected chi connectivity index (χ0v) is 12.3. The van der Waals surface area contributed by atoms with Crippen LogP contribution in [0.15, 0.2) is 24.3 Å². The number of nitrogens with zero attached hydrogens (tertiary/aromatic N) is 1. The van der Waals surface area contributed by atoms with E-state index in [2.05, 4.69) is 27.7 Å². The summed E-state index contributed by atoms with van der Waals surface area (Å²) < 4.78 is 0. The van der Waals surface area contributed by atoms with Gasteiger partial charge in [0.25, 0.3) is 0 Å². The lowest BCUT2D eigenvalue weighted by Crippen LogP contribution is -2.45. The molecule has 1 fully saturated rings. The number of carbonyl (C=O) groups is 2. The summed E-state index contributed by atoms with van der Waals surface area (Å²) in [6.45, 7) is 1.56.